The van der Waals surface area contributed by atoms with Crippen LogP contribution in [0.2, 0.25) is 5.02 Å². The van der Waals surface area contributed by atoms with Gasteiger partial charge in [-0.3, -0.25) is 4.79 Å². The molecule has 108 valence electrons. The largest absolute Gasteiger partial charge is 0.448 e. The minimum atomic E-state index is -0.935. The first-order valence-corrected chi connectivity index (χ1v) is 6.62. The molecule has 0 aliphatic carbocycles. The van der Waals surface area contributed by atoms with Crippen LogP contribution in [0.4, 0.5) is 5.69 Å². The van der Waals surface area contributed by atoms with Crippen LogP contribution in [0.15, 0.2) is 48.7 Å². The molecule has 0 radical (unpaired) electrons. The number of amides is 1. The van der Waals surface area contributed by atoms with Gasteiger partial charge in [0.25, 0.3) is 5.91 Å². The lowest BCUT2D eigenvalue weighted by molar-refractivity contribution is -0.123. The Balaban J connectivity index is 1.93. The number of ether oxygens (including phenoxy) is 1. The second-order valence-corrected chi connectivity index (χ2v) is 4.70. The highest BCUT2D eigenvalue weighted by atomic mass is 35.5. The van der Waals surface area contributed by atoms with Gasteiger partial charge >= 0.3 is 5.97 Å². The lowest BCUT2D eigenvalue weighted by Gasteiger charge is -2.13. The van der Waals surface area contributed by atoms with Crippen molar-refractivity contribution in [2.24, 2.45) is 0 Å². The third-order valence-electron chi connectivity index (χ3n) is 2.64. The molecule has 0 aliphatic rings. The number of carbonyl (C=O) groups is 2. The summed E-state index contributed by atoms with van der Waals surface area (Å²) in [5.74, 6) is -1.07. The highest BCUT2D eigenvalue weighted by Crippen LogP contribution is 2.14. The van der Waals surface area contributed by atoms with E-state index in [1.807, 2.05) is 0 Å². The molecular formula is C15H13ClN2O3. The summed E-state index contributed by atoms with van der Waals surface area (Å²) in [6.07, 6.45) is 0.546. The van der Waals surface area contributed by atoms with Gasteiger partial charge in [-0.1, -0.05) is 17.7 Å². The van der Waals surface area contributed by atoms with E-state index in [0.717, 1.165) is 0 Å². The zero-order chi connectivity index (χ0) is 15.2. The van der Waals surface area contributed by atoms with Gasteiger partial charge < -0.3 is 10.1 Å². The van der Waals surface area contributed by atoms with Crippen molar-refractivity contribution in [3.8, 4) is 0 Å². The molecule has 0 aliphatic heterocycles. The van der Waals surface area contributed by atoms with Crippen LogP contribution in [0.1, 0.15) is 17.4 Å². The van der Waals surface area contributed by atoms with E-state index in [4.69, 9.17) is 16.3 Å². The number of hydrogen-bond donors (Lipinski definition) is 1. The second-order valence-electron chi connectivity index (χ2n) is 4.26. The van der Waals surface area contributed by atoms with Crippen LogP contribution in [0.25, 0.3) is 0 Å². The minimum Gasteiger partial charge on any atom is -0.448 e. The number of hydrogen-bond acceptors (Lipinski definition) is 4. The standard InChI is InChI=1S/C15H13ClN2O3/c1-10(21-15(20)13-4-2-3-9-17-13)14(19)18-12-7-5-11(16)6-8-12/h2-10H,1H3,(H,18,19)/t10-/m1/s1. The SMILES string of the molecule is C[C@@H](OC(=O)c1ccccn1)C(=O)Nc1ccc(Cl)cc1. The van der Waals surface area contributed by atoms with Crippen LogP contribution >= 0.6 is 11.6 Å². The maximum atomic E-state index is 11.9. The first-order chi connectivity index (χ1) is 10.1. The molecular weight excluding hydrogens is 292 g/mol. The number of carbonyl (C=O) groups excluding carboxylic acids is 2. The summed E-state index contributed by atoms with van der Waals surface area (Å²) in [5, 5.41) is 3.20. The topological polar surface area (TPSA) is 68.3 Å². The molecule has 0 fully saturated rings. The number of pyridine rings is 1. The fourth-order valence-electron chi connectivity index (χ4n) is 1.54. The molecule has 1 N–H and O–H groups in total. The van der Waals surface area contributed by atoms with Crippen molar-refractivity contribution in [2.75, 3.05) is 5.32 Å². The molecule has 1 atom stereocenters. The lowest BCUT2D eigenvalue weighted by Crippen LogP contribution is -2.30. The third kappa shape index (κ3) is 4.29. The third-order valence-corrected chi connectivity index (χ3v) is 2.89. The summed E-state index contributed by atoms with van der Waals surface area (Å²) in [4.78, 5) is 27.6. The van der Waals surface area contributed by atoms with Gasteiger partial charge in [-0.15, -0.1) is 0 Å². The lowest BCUT2D eigenvalue weighted by atomic mass is 10.3. The maximum Gasteiger partial charge on any atom is 0.357 e. The summed E-state index contributed by atoms with van der Waals surface area (Å²) in [5.41, 5.74) is 0.730. The fourth-order valence-corrected chi connectivity index (χ4v) is 1.66. The van der Waals surface area contributed by atoms with Crippen molar-refractivity contribution < 1.29 is 14.3 Å². The second kappa shape index (κ2) is 6.85. The van der Waals surface area contributed by atoms with E-state index < -0.39 is 18.0 Å². The van der Waals surface area contributed by atoms with E-state index in [1.165, 1.54) is 19.2 Å². The van der Waals surface area contributed by atoms with E-state index in [2.05, 4.69) is 10.3 Å². The number of anilines is 1. The Morgan fingerprint density at radius 1 is 1.19 bits per heavy atom. The molecule has 0 spiro atoms. The number of halogens is 1. The molecule has 1 heterocycles. The summed E-state index contributed by atoms with van der Waals surface area (Å²) in [6.45, 7) is 1.49. The van der Waals surface area contributed by atoms with Crippen molar-refractivity contribution in [3.05, 3.63) is 59.4 Å². The van der Waals surface area contributed by atoms with Gasteiger partial charge in [0, 0.05) is 16.9 Å². The Bertz CT molecular complexity index is 629. The van der Waals surface area contributed by atoms with Crippen LogP contribution in [-0.2, 0) is 9.53 Å². The first-order valence-electron chi connectivity index (χ1n) is 6.24. The van der Waals surface area contributed by atoms with Gasteiger partial charge in [-0.25, -0.2) is 9.78 Å². The molecule has 21 heavy (non-hydrogen) atoms. The fraction of sp³-hybridized carbons (Fsp3) is 0.133. The highest BCUT2D eigenvalue weighted by molar-refractivity contribution is 6.30. The zero-order valence-electron chi connectivity index (χ0n) is 11.2. The van der Waals surface area contributed by atoms with Crippen LogP contribution in [0.5, 0.6) is 0 Å². The van der Waals surface area contributed by atoms with Crippen molar-refractivity contribution in [1.82, 2.24) is 4.98 Å². The van der Waals surface area contributed by atoms with Gasteiger partial charge in [-0.05, 0) is 43.3 Å². The predicted molar refractivity (Wildman–Crippen MR) is 79.2 cm³/mol. The normalized spacial score (nSPS) is 11.5. The molecule has 0 saturated heterocycles. The number of nitrogens with one attached hydrogen (secondary N) is 1. The molecule has 1 amide bonds. The smallest absolute Gasteiger partial charge is 0.357 e. The van der Waals surface area contributed by atoms with Gasteiger partial charge in [0.05, 0.1) is 0 Å². The quantitative estimate of drug-likeness (QED) is 0.882. The number of benzene rings is 1. The van der Waals surface area contributed by atoms with Crippen molar-refractivity contribution in [3.63, 3.8) is 0 Å². The van der Waals surface area contributed by atoms with Crippen LogP contribution < -0.4 is 5.32 Å². The molecule has 2 rings (SSSR count). The Kier molecular flexibility index (Phi) is 4.90. The molecule has 5 nitrogen and oxygen atoms in total. The Hall–Kier alpha value is -2.40. The van der Waals surface area contributed by atoms with Crippen LogP contribution in [0.3, 0.4) is 0 Å². The van der Waals surface area contributed by atoms with Crippen molar-refractivity contribution >= 4 is 29.2 Å². The summed E-state index contributed by atoms with van der Waals surface area (Å²) in [6, 6.07) is 11.5. The summed E-state index contributed by atoms with van der Waals surface area (Å²) in [7, 11) is 0. The predicted octanol–water partition coefficient (Wildman–Crippen LogP) is 2.92. The van der Waals surface area contributed by atoms with E-state index >= 15 is 0 Å². The minimum absolute atomic E-state index is 0.156. The Morgan fingerprint density at radius 3 is 2.52 bits per heavy atom. The molecule has 2 aromatic rings. The van der Waals surface area contributed by atoms with Gasteiger partial charge in [0.15, 0.2) is 6.10 Å². The Morgan fingerprint density at radius 2 is 1.90 bits per heavy atom. The van der Waals surface area contributed by atoms with Gasteiger partial charge in [0.2, 0.25) is 0 Å². The maximum absolute atomic E-state index is 11.9. The van der Waals surface area contributed by atoms with E-state index in [0.29, 0.717) is 10.7 Å². The molecule has 0 saturated carbocycles. The van der Waals surface area contributed by atoms with Gasteiger partial charge in [-0.2, -0.15) is 0 Å². The zero-order valence-corrected chi connectivity index (χ0v) is 12.0. The molecule has 0 bridgehead atoms. The number of rotatable bonds is 4. The summed E-state index contributed by atoms with van der Waals surface area (Å²) < 4.78 is 5.05. The van der Waals surface area contributed by atoms with E-state index in [-0.39, 0.29) is 5.69 Å². The number of nitrogens with zero attached hydrogens (tertiary/aromatic N) is 1. The average molecular weight is 305 g/mol. The van der Waals surface area contributed by atoms with E-state index in [9.17, 15) is 9.59 Å². The molecule has 1 aromatic carbocycles. The van der Waals surface area contributed by atoms with Crippen molar-refractivity contribution in [2.45, 2.75) is 13.0 Å². The van der Waals surface area contributed by atoms with E-state index in [1.54, 1.807) is 36.4 Å². The monoisotopic (exact) mass is 304 g/mol. The highest BCUT2D eigenvalue weighted by Gasteiger charge is 2.19. The number of aromatic nitrogens is 1. The summed E-state index contributed by atoms with van der Waals surface area (Å²) >= 11 is 5.76. The molecule has 1 aromatic heterocycles. The van der Waals surface area contributed by atoms with Crippen LogP contribution in [-0.4, -0.2) is 23.0 Å². The molecule has 0 unspecified atom stereocenters. The first kappa shape index (κ1) is 15.0. The van der Waals surface area contributed by atoms with Gasteiger partial charge in [0.1, 0.15) is 5.69 Å². The van der Waals surface area contributed by atoms with Crippen LogP contribution in [0, 0.1) is 0 Å². The average Bonchev–Trinajstić information content (AvgIpc) is 2.50. The molecule has 6 heteroatoms. The Labute approximate surface area is 126 Å². The number of esters is 1. The van der Waals surface area contributed by atoms with Crippen molar-refractivity contribution in [1.29, 1.82) is 0 Å².